The maximum absolute atomic E-state index is 11.1. The number of rotatable bonds is 2. The molecule has 19 heavy (non-hydrogen) atoms. The van der Waals surface area contributed by atoms with Gasteiger partial charge < -0.3 is 15.6 Å². The minimum atomic E-state index is -0.371. The number of anilines is 1. The molecule has 1 aromatic heterocycles. The highest BCUT2D eigenvalue weighted by Crippen LogP contribution is 2.00. The molecule has 0 radical (unpaired) electrons. The first-order chi connectivity index (χ1) is 9.15. The summed E-state index contributed by atoms with van der Waals surface area (Å²) in [5.41, 5.74) is 5.77. The molecular weight excluding hydrogens is 240 g/mol. The molecule has 0 saturated carbocycles. The van der Waals surface area contributed by atoms with Gasteiger partial charge in [-0.05, 0) is 6.54 Å². The van der Waals surface area contributed by atoms with Gasteiger partial charge in [-0.15, -0.1) is 0 Å². The number of hydrogen-bond donors (Lipinski definition) is 2. The highest BCUT2D eigenvalue weighted by atomic mass is 16.1. The van der Waals surface area contributed by atoms with E-state index in [4.69, 9.17) is 5.73 Å². The average Bonchev–Trinajstić information content (AvgIpc) is 2.45. The Morgan fingerprint density at radius 3 is 2.47 bits per heavy atom. The van der Waals surface area contributed by atoms with E-state index in [1.807, 2.05) is 34.6 Å². The molecule has 0 aromatic carbocycles. The van der Waals surface area contributed by atoms with Gasteiger partial charge in [0.15, 0.2) is 0 Å². The Bertz CT molecular complexity index is 455. The lowest BCUT2D eigenvalue weighted by Gasteiger charge is -1.99. The Balaban J connectivity index is 0. The molecule has 108 valence electrons. The van der Waals surface area contributed by atoms with Crippen molar-refractivity contribution >= 4 is 5.82 Å². The Morgan fingerprint density at radius 1 is 1.37 bits per heavy atom. The Labute approximate surface area is 116 Å². The molecule has 5 nitrogen and oxygen atoms in total. The predicted octanol–water partition coefficient (Wildman–Crippen LogP) is 1.38. The first kappa shape index (κ1) is 19.5. The van der Waals surface area contributed by atoms with Crippen molar-refractivity contribution < 1.29 is 0 Å². The highest BCUT2D eigenvalue weighted by molar-refractivity contribution is 5.48. The lowest BCUT2D eigenvalue weighted by atomic mass is 10.3. The van der Waals surface area contributed by atoms with Gasteiger partial charge in [0.05, 0.1) is 12.1 Å². The van der Waals surface area contributed by atoms with Gasteiger partial charge in [-0.1, -0.05) is 46.5 Å². The molecule has 0 aliphatic heterocycles. The molecule has 0 saturated heterocycles. The molecule has 1 heterocycles. The molecular formula is C14H26N4O. The van der Waals surface area contributed by atoms with Gasteiger partial charge in [0.1, 0.15) is 5.82 Å². The van der Waals surface area contributed by atoms with Crippen LogP contribution in [0.25, 0.3) is 0 Å². The lowest BCUT2D eigenvalue weighted by Crippen LogP contribution is -2.21. The smallest absolute Gasteiger partial charge is 0.349 e. The SMILES string of the molecule is CC.CC.CCNCC#Cc1cn(C)c(=O)nc1N. The van der Waals surface area contributed by atoms with Gasteiger partial charge in [0.25, 0.3) is 0 Å². The number of nitrogens with zero attached hydrogens (tertiary/aromatic N) is 2. The van der Waals surface area contributed by atoms with Crippen molar-refractivity contribution in [3.8, 4) is 11.8 Å². The zero-order valence-electron chi connectivity index (χ0n) is 12.9. The van der Waals surface area contributed by atoms with Crippen molar-refractivity contribution in [2.45, 2.75) is 34.6 Å². The zero-order chi connectivity index (χ0) is 15.3. The Kier molecular flexibility index (Phi) is 13.0. The average molecular weight is 266 g/mol. The minimum Gasteiger partial charge on any atom is -0.382 e. The van der Waals surface area contributed by atoms with Crippen molar-refractivity contribution in [2.75, 3.05) is 18.8 Å². The number of nitrogens with one attached hydrogen (secondary N) is 1. The van der Waals surface area contributed by atoms with E-state index >= 15 is 0 Å². The minimum absolute atomic E-state index is 0.182. The number of nitrogen functional groups attached to an aromatic ring is 1. The molecule has 0 fully saturated rings. The summed E-state index contributed by atoms with van der Waals surface area (Å²) in [4.78, 5) is 14.7. The molecule has 3 N–H and O–H groups in total. The van der Waals surface area contributed by atoms with E-state index < -0.39 is 0 Å². The first-order valence-electron chi connectivity index (χ1n) is 6.68. The third kappa shape index (κ3) is 8.01. The summed E-state index contributed by atoms with van der Waals surface area (Å²) >= 11 is 0. The van der Waals surface area contributed by atoms with Gasteiger partial charge in [0.2, 0.25) is 0 Å². The third-order valence-corrected chi connectivity index (χ3v) is 1.80. The number of aromatic nitrogens is 2. The second kappa shape index (κ2) is 12.7. The molecule has 0 bridgehead atoms. The highest BCUT2D eigenvalue weighted by Gasteiger charge is 1.99. The van der Waals surface area contributed by atoms with Crippen molar-refractivity contribution in [2.24, 2.45) is 7.05 Å². The topological polar surface area (TPSA) is 72.9 Å². The molecule has 0 atom stereocenters. The van der Waals surface area contributed by atoms with E-state index in [1.165, 1.54) is 4.57 Å². The van der Waals surface area contributed by atoms with Crippen LogP contribution < -0.4 is 16.7 Å². The molecule has 1 rings (SSSR count). The van der Waals surface area contributed by atoms with E-state index in [0.29, 0.717) is 12.1 Å². The lowest BCUT2D eigenvalue weighted by molar-refractivity contribution is 0.807. The fourth-order valence-corrected chi connectivity index (χ4v) is 0.980. The molecule has 0 unspecified atom stereocenters. The normalized spacial score (nSPS) is 8.11. The van der Waals surface area contributed by atoms with Crippen LogP contribution in [-0.2, 0) is 7.05 Å². The Hall–Kier alpha value is -1.80. The van der Waals surface area contributed by atoms with Crippen LogP contribution in [0.5, 0.6) is 0 Å². The van der Waals surface area contributed by atoms with Gasteiger partial charge in [-0.25, -0.2) is 4.79 Å². The van der Waals surface area contributed by atoms with Crippen molar-refractivity contribution in [1.82, 2.24) is 14.9 Å². The summed E-state index contributed by atoms with van der Waals surface area (Å²) in [5, 5.41) is 3.06. The van der Waals surface area contributed by atoms with E-state index in [0.717, 1.165) is 6.54 Å². The summed E-state index contributed by atoms with van der Waals surface area (Å²) in [6.07, 6.45) is 1.59. The van der Waals surface area contributed by atoms with Crippen LogP contribution in [-0.4, -0.2) is 22.6 Å². The maximum atomic E-state index is 11.1. The predicted molar refractivity (Wildman–Crippen MR) is 82.0 cm³/mol. The summed E-state index contributed by atoms with van der Waals surface area (Å²) in [7, 11) is 1.62. The quantitative estimate of drug-likeness (QED) is 0.626. The standard InChI is InChI=1S/C10H14N4O.2C2H6/c1-3-12-6-4-5-8-7-14(2)10(15)13-9(8)11;2*1-2/h7,12H,3,6H2,1-2H3,(H2,11,13,15);2*1-2H3. The monoisotopic (exact) mass is 266 g/mol. The molecule has 0 spiro atoms. The number of hydrogen-bond acceptors (Lipinski definition) is 4. The molecule has 1 aromatic rings. The van der Waals surface area contributed by atoms with E-state index in [9.17, 15) is 4.79 Å². The van der Waals surface area contributed by atoms with E-state index in [-0.39, 0.29) is 11.5 Å². The van der Waals surface area contributed by atoms with Crippen LogP contribution in [0.1, 0.15) is 40.2 Å². The molecule has 0 amide bonds. The largest absolute Gasteiger partial charge is 0.382 e. The van der Waals surface area contributed by atoms with Gasteiger partial charge in [-0.3, -0.25) is 0 Å². The fourth-order valence-electron chi connectivity index (χ4n) is 0.980. The third-order valence-electron chi connectivity index (χ3n) is 1.80. The Morgan fingerprint density at radius 2 is 1.95 bits per heavy atom. The second-order valence-electron chi connectivity index (χ2n) is 3.02. The molecule has 0 aliphatic rings. The number of nitrogens with two attached hydrogens (primary N) is 1. The summed E-state index contributed by atoms with van der Waals surface area (Å²) < 4.78 is 1.35. The van der Waals surface area contributed by atoms with Gasteiger partial charge >= 0.3 is 5.69 Å². The van der Waals surface area contributed by atoms with Crippen LogP contribution in [0.15, 0.2) is 11.0 Å². The maximum Gasteiger partial charge on any atom is 0.349 e. The zero-order valence-corrected chi connectivity index (χ0v) is 12.9. The van der Waals surface area contributed by atoms with Crippen molar-refractivity contribution in [3.63, 3.8) is 0 Å². The molecule has 5 heteroatoms. The van der Waals surface area contributed by atoms with Crippen LogP contribution >= 0.6 is 0 Å². The first-order valence-corrected chi connectivity index (χ1v) is 6.68. The van der Waals surface area contributed by atoms with E-state index in [1.54, 1.807) is 13.2 Å². The van der Waals surface area contributed by atoms with E-state index in [2.05, 4.69) is 22.1 Å². The summed E-state index contributed by atoms with van der Waals surface area (Å²) in [6.45, 7) is 11.5. The van der Waals surface area contributed by atoms with Crippen LogP contribution in [0.3, 0.4) is 0 Å². The van der Waals surface area contributed by atoms with Gasteiger partial charge in [-0.2, -0.15) is 4.98 Å². The summed E-state index contributed by atoms with van der Waals surface area (Å²) in [6, 6.07) is 0. The number of aryl methyl sites for hydroxylation is 1. The van der Waals surface area contributed by atoms with Crippen molar-refractivity contribution in [1.29, 1.82) is 0 Å². The van der Waals surface area contributed by atoms with Crippen molar-refractivity contribution in [3.05, 3.63) is 22.2 Å². The molecule has 0 aliphatic carbocycles. The second-order valence-corrected chi connectivity index (χ2v) is 3.02. The summed E-state index contributed by atoms with van der Waals surface area (Å²) in [5.74, 6) is 5.93. The van der Waals surface area contributed by atoms with Gasteiger partial charge in [0, 0.05) is 13.2 Å². The fraction of sp³-hybridized carbons (Fsp3) is 0.571. The van der Waals surface area contributed by atoms with Crippen LogP contribution in [0, 0.1) is 11.8 Å². The van der Waals surface area contributed by atoms with Crippen LogP contribution in [0.4, 0.5) is 5.82 Å². The van der Waals surface area contributed by atoms with Crippen LogP contribution in [0.2, 0.25) is 0 Å².